The van der Waals surface area contributed by atoms with Crippen LogP contribution < -0.4 is 15.4 Å². The van der Waals surface area contributed by atoms with Crippen molar-refractivity contribution in [2.45, 2.75) is 45.6 Å². The van der Waals surface area contributed by atoms with E-state index in [9.17, 15) is 5.11 Å². The van der Waals surface area contributed by atoms with E-state index in [0.29, 0.717) is 19.7 Å². The van der Waals surface area contributed by atoms with E-state index in [-0.39, 0.29) is 35.5 Å². The number of hydrogen-bond donors (Lipinski definition) is 3. The second kappa shape index (κ2) is 11.6. The molecule has 0 bridgehead atoms. The maximum atomic E-state index is 10.3. The third-order valence-electron chi connectivity index (χ3n) is 4.63. The van der Waals surface area contributed by atoms with E-state index in [0.717, 1.165) is 37.5 Å². The summed E-state index contributed by atoms with van der Waals surface area (Å²) in [4.78, 5) is 4.68. The third-order valence-corrected chi connectivity index (χ3v) is 4.63. The minimum atomic E-state index is -0.251. The standard InChI is InChI=1S/C19H31N3O2.HI/c1-3-20-18(21-13-14-24-16-9-5-4-6-10-16)22-15-19(2)12-8-7-11-17(19)23;/h4-6,9-10,17,23H,3,7-8,11-15H2,1-2H3,(H2,20,21,22);1H. The summed E-state index contributed by atoms with van der Waals surface area (Å²) in [6.45, 7) is 6.90. The predicted molar refractivity (Wildman–Crippen MR) is 114 cm³/mol. The molecule has 2 atom stereocenters. The molecule has 2 unspecified atom stereocenters. The normalized spacial score (nSPS) is 23.5. The zero-order chi connectivity index (χ0) is 17.3. The number of nitrogens with one attached hydrogen (secondary N) is 2. The average Bonchev–Trinajstić information content (AvgIpc) is 2.60. The van der Waals surface area contributed by atoms with Gasteiger partial charge >= 0.3 is 0 Å². The summed E-state index contributed by atoms with van der Waals surface area (Å²) in [5, 5.41) is 16.8. The number of ether oxygens (including phenoxy) is 1. The van der Waals surface area contributed by atoms with Gasteiger partial charge in [0.15, 0.2) is 5.96 Å². The number of halogens is 1. The molecule has 6 heteroatoms. The number of nitrogens with zero attached hydrogens (tertiary/aromatic N) is 1. The highest BCUT2D eigenvalue weighted by Crippen LogP contribution is 2.36. The lowest BCUT2D eigenvalue weighted by Crippen LogP contribution is -2.42. The van der Waals surface area contributed by atoms with E-state index in [2.05, 4.69) is 29.5 Å². The number of aliphatic imine (C=N–C) groups is 1. The first-order valence-electron chi connectivity index (χ1n) is 9.02. The Morgan fingerprint density at radius 1 is 1.28 bits per heavy atom. The zero-order valence-electron chi connectivity index (χ0n) is 15.3. The number of aliphatic hydroxyl groups is 1. The highest BCUT2D eigenvalue weighted by atomic mass is 127. The van der Waals surface area contributed by atoms with Crippen LogP contribution in [0.25, 0.3) is 0 Å². The van der Waals surface area contributed by atoms with Gasteiger partial charge in [0.25, 0.3) is 0 Å². The smallest absolute Gasteiger partial charge is 0.191 e. The van der Waals surface area contributed by atoms with Gasteiger partial charge in [-0.15, -0.1) is 24.0 Å². The van der Waals surface area contributed by atoms with E-state index < -0.39 is 0 Å². The van der Waals surface area contributed by atoms with Crippen molar-refractivity contribution in [1.82, 2.24) is 10.6 Å². The zero-order valence-corrected chi connectivity index (χ0v) is 17.7. The van der Waals surface area contributed by atoms with Crippen LogP contribution in [0, 0.1) is 5.41 Å². The van der Waals surface area contributed by atoms with Gasteiger partial charge in [-0.05, 0) is 31.9 Å². The summed E-state index contributed by atoms with van der Waals surface area (Å²) in [6.07, 6.45) is 3.97. The summed E-state index contributed by atoms with van der Waals surface area (Å²) < 4.78 is 5.68. The van der Waals surface area contributed by atoms with Gasteiger partial charge in [-0.2, -0.15) is 0 Å². The highest BCUT2D eigenvalue weighted by Gasteiger charge is 2.35. The fraction of sp³-hybridized carbons (Fsp3) is 0.632. The Morgan fingerprint density at radius 3 is 2.72 bits per heavy atom. The molecule has 1 fully saturated rings. The van der Waals surface area contributed by atoms with Gasteiger partial charge in [0.05, 0.1) is 19.2 Å². The van der Waals surface area contributed by atoms with Gasteiger partial charge in [0, 0.05) is 12.0 Å². The van der Waals surface area contributed by atoms with Crippen molar-refractivity contribution < 1.29 is 9.84 Å². The van der Waals surface area contributed by atoms with Crippen LogP contribution in [0.1, 0.15) is 39.5 Å². The number of hydrogen-bond acceptors (Lipinski definition) is 3. The lowest BCUT2D eigenvalue weighted by Gasteiger charge is -2.37. The summed E-state index contributed by atoms with van der Waals surface area (Å²) in [5.74, 6) is 1.66. The first kappa shape index (κ1) is 22.0. The number of guanidine groups is 1. The molecule has 0 aromatic heterocycles. The second-order valence-corrected chi connectivity index (χ2v) is 6.70. The molecule has 0 amide bonds. The van der Waals surface area contributed by atoms with Crippen LogP contribution >= 0.6 is 24.0 Å². The van der Waals surface area contributed by atoms with Crippen LogP contribution in [0.3, 0.4) is 0 Å². The molecule has 3 N–H and O–H groups in total. The van der Waals surface area contributed by atoms with Crippen molar-refractivity contribution in [1.29, 1.82) is 0 Å². The number of para-hydroxylation sites is 1. The molecule has 0 spiro atoms. The van der Waals surface area contributed by atoms with Crippen molar-refractivity contribution in [2.24, 2.45) is 10.4 Å². The first-order valence-corrected chi connectivity index (χ1v) is 9.02. The van der Waals surface area contributed by atoms with Crippen molar-refractivity contribution >= 4 is 29.9 Å². The monoisotopic (exact) mass is 461 g/mol. The Kier molecular flexibility index (Phi) is 10.2. The Hall–Kier alpha value is -1.02. The summed E-state index contributed by atoms with van der Waals surface area (Å²) >= 11 is 0. The lowest BCUT2D eigenvalue weighted by molar-refractivity contribution is 0.00716. The minimum Gasteiger partial charge on any atom is -0.492 e. The van der Waals surface area contributed by atoms with Gasteiger partial charge in [0.1, 0.15) is 12.4 Å². The molecule has 1 aliphatic carbocycles. The molecule has 1 aromatic carbocycles. The van der Waals surface area contributed by atoms with E-state index in [1.165, 1.54) is 6.42 Å². The van der Waals surface area contributed by atoms with Gasteiger partial charge in [-0.1, -0.05) is 38.0 Å². The summed E-state index contributed by atoms with van der Waals surface area (Å²) in [7, 11) is 0. The van der Waals surface area contributed by atoms with Crippen LogP contribution in [0.15, 0.2) is 35.3 Å². The Bertz CT molecular complexity index is 513. The molecular formula is C19H32IN3O2. The average molecular weight is 461 g/mol. The van der Waals surface area contributed by atoms with Gasteiger partial charge < -0.3 is 20.5 Å². The Morgan fingerprint density at radius 2 is 2.04 bits per heavy atom. The van der Waals surface area contributed by atoms with Crippen molar-refractivity contribution in [3.05, 3.63) is 30.3 Å². The summed E-state index contributed by atoms with van der Waals surface area (Å²) in [5.41, 5.74) is -0.110. The maximum Gasteiger partial charge on any atom is 0.191 e. The molecule has 25 heavy (non-hydrogen) atoms. The van der Waals surface area contributed by atoms with Crippen LogP contribution in [0.5, 0.6) is 5.75 Å². The van der Waals surface area contributed by atoms with E-state index in [1.54, 1.807) is 0 Å². The molecule has 0 saturated heterocycles. The van der Waals surface area contributed by atoms with Gasteiger partial charge in [-0.3, -0.25) is 4.99 Å². The highest BCUT2D eigenvalue weighted by molar-refractivity contribution is 14.0. The molecule has 1 saturated carbocycles. The summed E-state index contributed by atoms with van der Waals surface area (Å²) in [6, 6.07) is 9.80. The molecule has 0 heterocycles. The molecule has 0 radical (unpaired) electrons. The molecule has 142 valence electrons. The topological polar surface area (TPSA) is 65.9 Å². The molecule has 2 rings (SSSR count). The van der Waals surface area contributed by atoms with Crippen LogP contribution in [0.4, 0.5) is 0 Å². The molecule has 5 nitrogen and oxygen atoms in total. The molecule has 1 aliphatic rings. The Labute approximate surface area is 168 Å². The van der Waals surface area contributed by atoms with E-state index >= 15 is 0 Å². The number of aliphatic hydroxyl groups excluding tert-OH is 1. The fourth-order valence-corrected chi connectivity index (χ4v) is 3.02. The molecule has 0 aliphatic heterocycles. The quantitative estimate of drug-likeness (QED) is 0.253. The third kappa shape index (κ3) is 7.40. The van der Waals surface area contributed by atoms with Gasteiger partial charge in [0.2, 0.25) is 0 Å². The van der Waals surface area contributed by atoms with E-state index in [1.807, 2.05) is 30.3 Å². The predicted octanol–water partition coefficient (Wildman–Crippen LogP) is 3.18. The van der Waals surface area contributed by atoms with E-state index in [4.69, 9.17) is 4.74 Å². The number of rotatable bonds is 7. The van der Waals surface area contributed by atoms with Crippen LogP contribution in [0.2, 0.25) is 0 Å². The molecular weight excluding hydrogens is 429 g/mol. The second-order valence-electron chi connectivity index (χ2n) is 6.70. The largest absolute Gasteiger partial charge is 0.492 e. The van der Waals surface area contributed by atoms with Crippen molar-refractivity contribution in [2.75, 3.05) is 26.2 Å². The molecule has 1 aromatic rings. The fourth-order valence-electron chi connectivity index (χ4n) is 3.02. The number of benzene rings is 1. The van der Waals surface area contributed by atoms with Crippen LogP contribution in [-0.2, 0) is 0 Å². The van der Waals surface area contributed by atoms with Crippen LogP contribution in [-0.4, -0.2) is 43.4 Å². The first-order chi connectivity index (χ1) is 11.6. The van der Waals surface area contributed by atoms with Gasteiger partial charge in [-0.25, -0.2) is 0 Å². The minimum absolute atomic E-state index is 0. The van der Waals surface area contributed by atoms with Crippen molar-refractivity contribution in [3.8, 4) is 5.75 Å². The van der Waals surface area contributed by atoms with Crippen molar-refractivity contribution in [3.63, 3.8) is 0 Å². The SMILES string of the molecule is CCNC(=NCC1(C)CCCCC1O)NCCOc1ccccc1.I. The maximum absolute atomic E-state index is 10.3. The lowest BCUT2D eigenvalue weighted by atomic mass is 9.73. The Balaban J connectivity index is 0.00000312.